The molecule has 4 nitrogen and oxygen atoms in total. The summed E-state index contributed by atoms with van der Waals surface area (Å²) in [6.45, 7) is -0.0382. The molecule has 0 fully saturated rings. The molecule has 0 aromatic carbocycles. The van der Waals surface area contributed by atoms with Crippen molar-refractivity contribution < 1.29 is 21.6 Å². The van der Waals surface area contributed by atoms with Gasteiger partial charge in [-0.15, -0.1) is 0 Å². The lowest BCUT2D eigenvalue weighted by molar-refractivity contribution is -0.137. The van der Waals surface area contributed by atoms with Gasteiger partial charge in [0, 0.05) is 12.8 Å². The Morgan fingerprint density at radius 3 is 2.50 bits per heavy atom. The molecule has 1 aromatic heterocycles. The van der Waals surface area contributed by atoms with Gasteiger partial charge in [0.25, 0.3) is 0 Å². The maximum absolute atomic E-state index is 12.4. The topological polar surface area (TPSA) is 59.1 Å². The summed E-state index contributed by atoms with van der Waals surface area (Å²) < 4.78 is 59.0. The lowest BCUT2D eigenvalue weighted by Gasteiger charge is -2.10. The Morgan fingerprint density at radius 2 is 2.00 bits per heavy atom. The molecule has 0 aliphatic heterocycles. The SMILES string of the molecule is CS(=O)(=O)CCNc1cc(C(F)(F)F)cc(Cl)n1. The molecular weight excluding hydrogens is 293 g/mol. The average molecular weight is 303 g/mol. The van der Waals surface area contributed by atoms with E-state index in [2.05, 4.69) is 10.3 Å². The first-order valence-electron chi connectivity index (χ1n) is 4.74. The largest absolute Gasteiger partial charge is 0.416 e. The van der Waals surface area contributed by atoms with Gasteiger partial charge < -0.3 is 5.32 Å². The second-order valence-electron chi connectivity index (χ2n) is 3.62. The minimum atomic E-state index is -4.53. The number of hydrogen-bond acceptors (Lipinski definition) is 4. The highest BCUT2D eigenvalue weighted by Gasteiger charge is 2.31. The first-order valence-corrected chi connectivity index (χ1v) is 7.18. The molecule has 1 aromatic rings. The van der Waals surface area contributed by atoms with Crippen LogP contribution in [0.15, 0.2) is 12.1 Å². The zero-order valence-corrected chi connectivity index (χ0v) is 10.8. The maximum atomic E-state index is 12.4. The monoisotopic (exact) mass is 302 g/mol. The lowest BCUT2D eigenvalue weighted by Crippen LogP contribution is -2.15. The first-order chi connectivity index (χ1) is 8.08. The average Bonchev–Trinajstić information content (AvgIpc) is 2.13. The van der Waals surface area contributed by atoms with E-state index >= 15 is 0 Å². The minimum absolute atomic E-state index is 0.0382. The highest BCUT2D eigenvalue weighted by Crippen LogP contribution is 2.31. The van der Waals surface area contributed by atoms with Crippen molar-refractivity contribution in [2.75, 3.05) is 23.9 Å². The molecule has 0 bridgehead atoms. The minimum Gasteiger partial charge on any atom is -0.369 e. The number of hydrogen-bond donors (Lipinski definition) is 1. The second kappa shape index (κ2) is 5.31. The highest BCUT2D eigenvalue weighted by molar-refractivity contribution is 7.90. The zero-order chi connectivity index (χ0) is 14.0. The molecule has 0 saturated heterocycles. The van der Waals surface area contributed by atoms with Crippen molar-refractivity contribution in [3.63, 3.8) is 0 Å². The van der Waals surface area contributed by atoms with Crippen LogP contribution in [0, 0.1) is 0 Å². The molecule has 1 rings (SSSR count). The Morgan fingerprint density at radius 1 is 1.39 bits per heavy atom. The van der Waals surface area contributed by atoms with Crippen LogP contribution in [0.3, 0.4) is 0 Å². The molecule has 0 spiro atoms. The van der Waals surface area contributed by atoms with Gasteiger partial charge in [0.1, 0.15) is 20.8 Å². The Hall–Kier alpha value is -1.02. The fourth-order valence-electron chi connectivity index (χ4n) is 1.12. The number of nitrogens with one attached hydrogen (secondary N) is 1. The van der Waals surface area contributed by atoms with E-state index < -0.39 is 21.6 Å². The summed E-state index contributed by atoms with van der Waals surface area (Å²) in [6, 6.07) is 1.47. The Labute approximate surface area is 107 Å². The highest BCUT2D eigenvalue weighted by atomic mass is 35.5. The van der Waals surface area contributed by atoms with Crippen molar-refractivity contribution in [1.29, 1.82) is 0 Å². The van der Waals surface area contributed by atoms with Crippen LogP contribution in [0.5, 0.6) is 0 Å². The number of sulfone groups is 1. The smallest absolute Gasteiger partial charge is 0.369 e. The fourth-order valence-corrected chi connectivity index (χ4v) is 1.80. The van der Waals surface area contributed by atoms with Gasteiger partial charge in [-0.05, 0) is 12.1 Å². The molecule has 0 aliphatic rings. The van der Waals surface area contributed by atoms with Gasteiger partial charge in [-0.25, -0.2) is 13.4 Å². The summed E-state index contributed by atoms with van der Waals surface area (Å²) in [5.74, 6) is -0.318. The normalized spacial score (nSPS) is 12.5. The van der Waals surface area contributed by atoms with Gasteiger partial charge in [0.15, 0.2) is 0 Å². The number of anilines is 1. The van der Waals surface area contributed by atoms with Crippen molar-refractivity contribution in [1.82, 2.24) is 4.98 Å². The van der Waals surface area contributed by atoms with Crippen LogP contribution in [0.1, 0.15) is 5.56 Å². The molecule has 0 radical (unpaired) electrons. The number of halogens is 4. The third-order valence-corrected chi connectivity index (χ3v) is 3.04. The van der Waals surface area contributed by atoms with Gasteiger partial charge >= 0.3 is 6.18 Å². The van der Waals surface area contributed by atoms with Crippen LogP contribution in [0.25, 0.3) is 0 Å². The molecule has 9 heteroatoms. The molecule has 102 valence electrons. The molecular formula is C9H10ClF3N2O2S. The summed E-state index contributed by atoms with van der Waals surface area (Å²) in [5, 5.41) is 2.17. The number of pyridine rings is 1. The van der Waals surface area contributed by atoms with E-state index in [-0.39, 0.29) is 23.3 Å². The van der Waals surface area contributed by atoms with E-state index in [1.54, 1.807) is 0 Å². The van der Waals surface area contributed by atoms with Gasteiger partial charge in [0.2, 0.25) is 0 Å². The second-order valence-corrected chi connectivity index (χ2v) is 6.27. The predicted molar refractivity (Wildman–Crippen MR) is 62.4 cm³/mol. The Balaban J connectivity index is 2.81. The molecule has 0 unspecified atom stereocenters. The number of aromatic nitrogens is 1. The van der Waals surface area contributed by atoms with E-state index in [4.69, 9.17) is 11.6 Å². The molecule has 1 N–H and O–H groups in total. The molecule has 18 heavy (non-hydrogen) atoms. The van der Waals surface area contributed by atoms with Crippen LogP contribution in [-0.2, 0) is 16.0 Å². The van der Waals surface area contributed by atoms with Crippen molar-refractivity contribution in [2.24, 2.45) is 0 Å². The van der Waals surface area contributed by atoms with Crippen LogP contribution in [0.2, 0.25) is 5.15 Å². The number of alkyl halides is 3. The molecule has 0 amide bonds. The van der Waals surface area contributed by atoms with E-state index in [1.807, 2.05) is 0 Å². The predicted octanol–water partition coefficient (Wildman–Crippen LogP) is 2.21. The van der Waals surface area contributed by atoms with E-state index in [9.17, 15) is 21.6 Å². The van der Waals surface area contributed by atoms with Crippen LogP contribution in [0.4, 0.5) is 19.0 Å². The van der Waals surface area contributed by atoms with Crippen LogP contribution < -0.4 is 5.32 Å². The maximum Gasteiger partial charge on any atom is 0.416 e. The van der Waals surface area contributed by atoms with Crippen molar-refractivity contribution in [3.05, 3.63) is 22.8 Å². The molecule has 0 saturated carbocycles. The first kappa shape index (κ1) is 15.0. The van der Waals surface area contributed by atoms with Gasteiger partial charge in [-0.3, -0.25) is 0 Å². The quantitative estimate of drug-likeness (QED) is 0.866. The Kier molecular flexibility index (Phi) is 4.44. The molecule has 1 heterocycles. The fraction of sp³-hybridized carbons (Fsp3) is 0.444. The lowest BCUT2D eigenvalue weighted by atomic mass is 10.2. The van der Waals surface area contributed by atoms with Crippen LogP contribution >= 0.6 is 11.6 Å². The number of rotatable bonds is 4. The van der Waals surface area contributed by atoms with E-state index in [1.165, 1.54) is 0 Å². The summed E-state index contributed by atoms with van der Waals surface area (Å²) in [7, 11) is -3.19. The summed E-state index contributed by atoms with van der Waals surface area (Å²) in [6.07, 6.45) is -3.50. The summed E-state index contributed by atoms with van der Waals surface area (Å²) in [5.41, 5.74) is -0.940. The van der Waals surface area contributed by atoms with Gasteiger partial charge in [0.05, 0.1) is 11.3 Å². The van der Waals surface area contributed by atoms with Crippen LogP contribution in [-0.4, -0.2) is 32.0 Å². The van der Waals surface area contributed by atoms with Crippen molar-refractivity contribution in [2.45, 2.75) is 6.18 Å². The number of nitrogens with zero attached hydrogens (tertiary/aromatic N) is 1. The van der Waals surface area contributed by atoms with E-state index in [0.717, 1.165) is 12.3 Å². The third kappa shape index (κ3) is 5.09. The zero-order valence-electron chi connectivity index (χ0n) is 9.25. The summed E-state index contributed by atoms with van der Waals surface area (Å²) >= 11 is 5.46. The van der Waals surface area contributed by atoms with Gasteiger partial charge in [-0.1, -0.05) is 11.6 Å². The Bertz CT molecular complexity index is 531. The standard InChI is InChI=1S/C9H10ClF3N2O2S/c1-18(16,17)3-2-14-8-5-6(9(11,12)13)4-7(10)15-8/h4-5H,2-3H2,1H3,(H,14,15). The molecule has 0 atom stereocenters. The molecule has 0 aliphatic carbocycles. The van der Waals surface area contributed by atoms with Crippen molar-refractivity contribution >= 4 is 27.3 Å². The van der Waals surface area contributed by atoms with E-state index in [0.29, 0.717) is 6.07 Å². The van der Waals surface area contributed by atoms with Crippen molar-refractivity contribution in [3.8, 4) is 0 Å². The van der Waals surface area contributed by atoms with Gasteiger partial charge in [-0.2, -0.15) is 13.2 Å². The third-order valence-electron chi connectivity index (χ3n) is 1.90. The summed E-state index contributed by atoms with van der Waals surface area (Å²) in [4.78, 5) is 3.63.